The van der Waals surface area contributed by atoms with Gasteiger partial charge in [0.2, 0.25) is 0 Å². The van der Waals surface area contributed by atoms with E-state index in [4.69, 9.17) is 15.8 Å². The Balaban J connectivity index is 1.38. The second kappa shape index (κ2) is 6.77. The largest absolute Gasteiger partial charge is 0.399 e. The Kier molecular flexibility index (Phi) is 4.07. The van der Waals surface area contributed by atoms with Gasteiger partial charge in [0.15, 0.2) is 11.6 Å². The molecule has 3 aromatic heterocycles. The molecule has 6 rings (SSSR count). The van der Waals surface area contributed by atoms with Crippen molar-refractivity contribution >= 4 is 16.6 Å². The third kappa shape index (κ3) is 2.96. The van der Waals surface area contributed by atoms with Crippen molar-refractivity contribution < 1.29 is 0 Å². The molecule has 2 aliphatic rings. The molecule has 0 amide bonds. The molecule has 1 aliphatic carbocycles. The molecule has 9 nitrogen and oxygen atoms in total. The third-order valence-corrected chi connectivity index (χ3v) is 6.98. The number of aryl methyl sites for hydroxylation is 2. The number of hydrogen-bond acceptors (Lipinski definition) is 6. The maximum atomic E-state index is 6.10. The molecule has 0 bridgehead atoms. The summed E-state index contributed by atoms with van der Waals surface area (Å²) in [6.07, 6.45) is 4.45. The van der Waals surface area contributed by atoms with Crippen molar-refractivity contribution in [3.63, 3.8) is 0 Å². The molecule has 4 N–H and O–H groups in total. The van der Waals surface area contributed by atoms with Crippen molar-refractivity contribution in [1.82, 2.24) is 40.1 Å². The van der Waals surface area contributed by atoms with Crippen LogP contribution < -0.4 is 11.1 Å². The molecule has 9 heteroatoms. The summed E-state index contributed by atoms with van der Waals surface area (Å²) < 4.78 is 3.90. The van der Waals surface area contributed by atoms with Gasteiger partial charge in [-0.25, -0.2) is 4.98 Å². The topological polar surface area (TPSA) is 115 Å². The van der Waals surface area contributed by atoms with Crippen LogP contribution in [-0.2, 0) is 13.6 Å². The molecule has 164 valence electrons. The fourth-order valence-electron chi connectivity index (χ4n) is 5.33. The van der Waals surface area contributed by atoms with Crippen molar-refractivity contribution in [2.75, 3.05) is 13.1 Å². The second-order valence-electron chi connectivity index (χ2n) is 9.49. The zero-order valence-electron chi connectivity index (χ0n) is 18.4. The van der Waals surface area contributed by atoms with Gasteiger partial charge in [-0.2, -0.15) is 15.3 Å². The SMILES string of the molecule is C=C(N)c1cc(-c2n[nH]c(-c3cc(C)nn3C)n2)c2cnn(CC3CC4(CNC4)C3)c2c1. The van der Waals surface area contributed by atoms with Gasteiger partial charge in [0.05, 0.1) is 17.4 Å². The van der Waals surface area contributed by atoms with Gasteiger partial charge in [-0.15, -0.1) is 0 Å². The van der Waals surface area contributed by atoms with Crippen LogP contribution in [0.4, 0.5) is 0 Å². The summed E-state index contributed by atoms with van der Waals surface area (Å²) in [4.78, 5) is 4.77. The van der Waals surface area contributed by atoms with Crippen LogP contribution in [0.1, 0.15) is 24.1 Å². The highest BCUT2D eigenvalue weighted by molar-refractivity contribution is 5.95. The average Bonchev–Trinajstić information content (AvgIpc) is 3.40. The summed E-state index contributed by atoms with van der Waals surface area (Å²) >= 11 is 0. The second-order valence-corrected chi connectivity index (χ2v) is 9.49. The summed E-state index contributed by atoms with van der Waals surface area (Å²) in [5, 5.41) is 21.1. The molecule has 4 heterocycles. The lowest BCUT2D eigenvalue weighted by molar-refractivity contribution is -0.00806. The first-order valence-corrected chi connectivity index (χ1v) is 11.0. The third-order valence-electron chi connectivity index (χ3n) is 6.98. The highest BCUT2D eigenvalue weighted by atomic mass is 15.3. The number of fused-ring (bicyclic) bond motifs is 1. The van der Waals surface area contributed by atoms with E-state index in [0.717, 1.165) is 53.1 Å². The first kappa shape index (κ1) is 19.2. The Morgan fingerprint density at radius 3 is 2.75 bits per heavy atom. The number of aromatic nitrogens is 7. The van der Waals surface area contributed by atoms with E-state index < -0.39 is 0 Å². The number of nitrogens with zero attached hydrogens (tertiary/aromatic N) is 6. The Morgan fingerprint density at radius 1 is 1.28 bits per heavy atom. The van der Waals surface area contributed by atoms with Gasteiger partial charge in [0.25, 0.3) is 0 Å². The number of H-pyrrole nitrogens is 1. The van der Waals surface area contributed by atoms with Crippen LogP contribution >= 0.6 is 0 Å². The van der Waals surface area contributed by atoms with E-state index in [-0.39, 0.29) is 0 Å². The minimum atomic E-state index is 0.516. The lowest BCUT2D eigenvalue weighted by Gasteiger charge is -2.54. The van der Waals surface area contributed by atoms with Crippen molar-refractivity contribution in [3.8, 4) is 22.9 Å². The zero-order valence-corrected chi connectivity index (χ0v) is 18.4. The fraction of sp³-hybridized carbons (Fsp3) is 0.391. The number of aromatic amines is 1. The summed E-state index contributed by atoms with van der Waals surface area (Å²) in [7, 11) is 1.90. The lowest BCUT2D eigenvalue weighted by atomic mass is 9.58. The molecule has 4 aromatic rings. The predicted octanol–water partition coefficient (Wildman–Crippen LogP) is 2.46. The molecule has 2 fully saturated rings. The first-order chi connectivity index (χ1) is 15.4. The van der Waals surface area contributed by atoms with Crippen molar-refractivity contribution in [3.05, 3.63) is 42.2 Å². The maximum Gasteiger partial charge on any atom is 0.182 e. The Hall–Kier alpha value is -3.46. The molecule has 1 aliphatic heterocycles. The quantitative estimate of drug-likeness (QED) is 0.449. The predicted molar refractivity (Wildman–Crippen MR) is 123 cm³/mol. The minimum absolute atomic E-state index is 0.516. The summed E-state index contributed by atoms with van der Waals surface area (Å²) in [6, 6.07) is 6.06. The van der Waals surface area contributed by atoms with E-state index >= 15 is 0 Å². The van der Waals surface area contributed by atoms with E-state index in [1.54, 1.807) is 4.68 Å². The molecule has 32 heavy (non-hydrogen) atoms. The molecule has 1 spiro atoms. The van der Waals surface area contributed by atoms with E-state index in [1.165, 1.54) is 12.8 Å². The molecular formula is C23H27N9. The minimum Gasteiger partial charge on any atom is -0.399 e. The average molecular weight is 430 g/mol. The van der Waals surface area contributed by atoms with Gasteiger partial charge in [0.1, 0.15) is 5.69 Å². The van der Waals surface area contributed by atoms with E-state index in [9.17, 15) is 0 Å². The summed E-state index contributed by atoms with van der Waals surface area (Å²) in [5.41, 5.74) is 11.8. The maximum absolute atomic E-state index is 6.10. The molecule has 0 radical (unpaired) electrons. The first-order valence-electron chi connectivity index (χ1n) is 11.0. The van der Waals surface area contributed by atoms with E-state index in [0.29, 0.717) is 28.7 Å². The van der Waals surface area contributed by atoms with Crippen molar-refractivity contribution in [2.24, 2.45) is 24.1 Å². The van der Waals surface area contributed by atoms with Gasteiger partial charge in [0, 0.05) is 43.3 Å². The molecule has 1 aromatic carbocycles. The highest BCUT2D eigenvalue weighted by Gasteiger charge is 2.48. The van der Waals surface area contributed by atoms with Crippen LogP contribution in [0.3, 0.4) is 0 Å². The van der Waals surface area contributed by atoms with Gasteiger partial charge in [-0.1, -0.05) is 6.58 Å². The molecule has 0 unspecified atom stereocenters. The van der Waals surface area contributed by atoms with Gasteiger partial charge >= 0.3 is 0 Å². The molecular weight excluding hydrogens is 402 g/mol. The normalized spacial score (nSPS) is 17.6. The van der Waals surface area contributed by atoms with Crippen LogP contribution in [0.2, 0.25) is 0 Å². The van der Waals surface area contributed by atoms with Gasteiger partial charge in [-0.3, -0.25) is 14.5 Å². The number of benzene rings is 1. The van der Waals surface area contributed by atoms with E-state index in [2.05, 4.69) is 37.9 Å². The zero-order chi connectivity index (χ0) is 22.0. The van der Waals surface area contributed by atoms with Crippen LogP contribution in [0.5, 0.6) is 0 Å². The van der Waals surface area contributed by atoms with Gasteiger partial charge < -0.3 is 11.1 Å². The number of rotatable bonds is 5. The van der Waals surface area contributed by atoms with Crippen molar-refractivity contribution in [1.29, 1.82) is 0 Å². The molecule has 1 saturated heterocycles. The van der Waals surface area contributed by atoms with E-state index in [1.807, 2.05) is 32.3 Å². The highest BCUT2D eigenvalue weighted by Crippen LogP contribution is 2.49. The van der Waals surface area contributed by atoms with Crippen LogP contribution in [-0.4, -0.2) is 47.8 Å². The van der Waals surface area contributed by atoms with Crippen LogP contribution in [0.15, 0.2) is 31.0 Å². The molecule has 1 saturated carbocycles. The van der Waals surface area contributed by atoms with Gasteiger partial charge in [-0.05, 0) is 54.9 Å². The smallest absolute Gasteiger partial charge is 0.182 e. The Morgan fingerprint density at radius 2 is 2.09 bits per heavy atom. The number of hydrogen-bond donors (Lipinski definition) is 3. The fourth-order valence-corrected chi connectivity index (χ4v) is 5.33. The Bertz CT molecular complexity index is 1340. The lowest BCUT2D eigenvalue weighted by Crippen LogP contribution is -2.60. The van der Waals surface area contributed by atoms with Crippen LogP contribution in [0.25, 0.3) is 39.5 Å². The summed E-state index contributed by atoms with van der Waals surface area (Å²) in [5.74, 6) is 1.95. The number of nitrogens with two attached hydrogens (primary N) is 1. The monoisotopic (exact) mass is 429 g/mol. The van der Waals surface area contributed by atoms with Crippen molar-refractivity contribution in [2.45, 2.75) is 26.3 Å². The van der Waals surface area contributed by atoms with Crippen LogP contribution in [0, 0.1) is 18.3 Å². The molecule has 0 atom stereocenters. The summed E-state index contributed by atoms with van der Waals surface area (Å²) in [6.45, 7) is 9.15. The number of nitrogens with one attached hydrogen (secondary N) is 2. The Labute approximate surface area is 185 Å². The standard InChI is InChI=1S/C23H27N9/c1-13-4-20(31(3)30-13)22-27-21(28-29-22)17-5-16(14(2)24)6-19-18(17)9-26-32(19)10-15-7-23(8-15)11-25-12-23/h4-6,9,15,25H,2,7-8,10-12,24H2,1,3H3,(H,27,28,29).